The number of rotatable bonds is 2. The van der Waals surface area contributed by atoms with Crippen LogP contribution in [-0.4, -0.2) is 5.78 Å². The fraction of sp³-hybridized carbons (Fsp3) is 0.526. The van der Waals surface area contributed by atoms with Crippen molar-refractivity contribution < 1.29 is 4.79 Å². The van der Waals surface area contributed by atoms with Crippen LogP contribution < -0.4 is 0 Å². The molecular formula is C19H28O. The lowest BCUT2D eigenvalue weighted by atomic mass is 9.73. The lowest BCUT2D eigenvalue weighted by Crippen LogP contribution is -2.30. The lowest BCUT2D eigenvalue weighted by molar-refractivity contribution is -0.122. The van der Waals surface area contributed by atoms with Gasteiger partial charge < -0.3 is 0 Å². The van der Waals surface area contributed by atoms with Gasteiger partial charge in [0.15, 0.2) is 5.78 Å². The molecule has 0 N–H and O–H groups in total. The topological polar surface area (TPSA) is 17.1 Å². The number of hydrogen-bond acceptors (Lipinski definition) is 1. The molecule has 110 valence electrons. The summed E-state index contributed by atoms with van der Waals surface area (Å²) in [6.45, 7) is 10.5. The first-order chi connectivity index (χ1) is 9.59. The molecule has 1 aromatic carbocycles. The van der Waals surface area contributed by atoms with Crippen molar-refractivity contribution in [3.63, 3.8) is 0 Å². The second-order valence-electron chi connectivity index (χ2n) is 5.70. The molecule has 1 fully saturated rings. The predicted molar refractivity (Wildman–Crippen MR) is 87.5 cm³/mol. The van der Waals surface area contributed by atoms with Crippen LogP contribution in [0.1, 0.15) is 53.0 Å². The Balaban J connectivity index is 0.000000956. The molecule has 1 saturated carbocycles. The Labute approximate surface area is 124 Å². The molecule has 0 radical (unpaired) electrons. The maximum absolute atomic E-state index is 12.5. The first-order valence-electron chi connectivity index (χ1n) is 7.90. The third kappa shape index (κ3) is 4.06. The molecule has 1 heteroatoms. The molecule has 2 rings (SSSR count). The summed E-state index contributed by atoms with van der Waals surface area (Å²) in [5.74, 6) is 1.43. The molecule has 2 unspecified atom stereocenters. The fourth-order valence-corrected chi connectivity index (χ4v) is 2.75. The predicted octanol–water partition coefficient (Wildman–Crippen LogP) is 5.37. The molecular weight excluding hydrogens is 244 g/mol. The lowest BCUT2D eigenvalue weighted by Gasteiger charge is -2.30. The minimum Gasteiger partial charge on any atom is -0.294 e. The maximum Gasteiger partial charge on any atom is 0.162 e. The van der Waals surface area contributed by atoms with Gasteiger partial charge in [-0.25, -0.2) is 0 Å². The standard InChI is InChI=1S/C17H22O.C2H6/c1-12(2)15-10-9-13(3)16(17(15)18)11-14-7-5-4-6-8-14;1-2/h4-8,11-13,15H,9-10H2,1-3H3;1-2H3/b16-11+;. The minimum atomic E-state index is 0.219. The first kappa shape index (κ1) is 16.7. The Morgan fingerprint density at radius 3 is 2.25 bits per heavy atom. The molecule has 1 aromatic rings. The Hall–Kier alpha value is -1.37. The summed E-state index contributed by atoms with van der Waals surface area (Å²) in [5.41, 5.74) is 2.16. The van der Waals surface area contributed by atoms with Gasteiger partial charge in [-0.05, 0) is 41.9 Å². The van der Waals surface area contributed by atoms with E-state index in [0.717, 1.165) is 24.0 Å². The molecule has 0 bridgehead atoms. The number of carbonyl (C=O) groups is 1. The van der Waals surface area contributed by atoms with Crippen LogP contribution in [0.25, 0.3) is 6.08 Å². The van der Waals surface area contributed by atoms with E-state index in [1.807, 2.05) is 32.0 Å². The van der Waals surface area contributed by atoms with Gasteiger partial charge in [0, 0.05) is 5.92 Å². The van der Waals surface area contributed by atoms with E-state index in [9.17, 15) is 4.79 Å². The molecule has 2 atom stereocenters. The third-order valence-corrected chi connectivity index (χ3v) is 3.99. The number of benzene rings is 1. The van der Waals surface area contributed by atoms with E-state index >= 15 is 0 Å². The number of ketones is 1. The van der Waals surface area contributed by atoms with Gasteiger partial charge in [-0.3, -0.25) is 4.79 Å². The summed E-state index contributed by atoms with van der Waals surface area (Å²) in [6.07, 6.45) is 4.26. The van der Waals surface area contributed by atoms with Gasteiger partial charge in [-0.15, -0.1) is 0 Å². The quantitative estimate of drug-likeness (QED) is 0.662. The van der Waals surface area contributed by atoms with E-state index < -0.39 is 0 Å². The number of carbonyl (C=O) groups excluding carboxylic acids is 1. The van der Waals surface area contributed by atoms with Gasteiger partial charge in [-0.1, -0.05) is 65.0 Å². The van der Waals surface area contributed by atoms with E-state index in [0.29, 0.717) is 17.6 Å². The van der Waals surface area contributed by atoms with Gasteiger partial charge in [0.2, 0.25) is 0 Å². The number of Topliss-reactive ketones (excluding diaryl/α,β-unsaturated/α-hetero) is 1. The van der Waals surface area contributed by atoms with Crippen molar-refractivity contribution in [2.75, 3.05) is 0 Å². The SMILES string of the molecule is CC.CC1CCC(C(C)C)C(=O)/C1=C/c1ccccc1. The Morgan fingerprint density at radius 2 is 1.70 bits per heavy atom. The van der Waals surface area contributed by atoms with Crippen molar-refractivity contribution in [2.24, 2.45) is 17.8 Å². The van der Waals surface area contributed by atoms with Crippen LogP contribution in [0.2, 0.25) is 0 Å². The van der Waals surface area contributed by atoms with Crippen LogP contribution >= 0.6 is 0 Å². The second-order valence-corrected chi connectivity index (χ2v) is 5.70. The van der Waals surface area contributed by atoms with Gasteiger partial charge in [-0.2, -0.15) is 0 Å². The molecule has 0 aliphatic heterocycles. The zero-order chi connectivity index (χ0) is 15.1. The Kier molecular flexibility index (Phi) is 6.70. The highest BCUT2D eigenvalue weighted by Crippen LogP contribution is 2.35. The van der Waals surface area contributed by atoms with E-state index in [1.165, 1.54) is 0 Å². The summed E-state index contributed by atoms with van der Waals surface area (Å²) >= 11 is 0. The molecule has 0 saturated heterocycles. The van der Waals surface area contributed by atoms with E-state index in [4.69, 9.17) is 0 Å². The second kappa shape index (κ2) is 8.04. The summed E-state index contributed by atoms with van der Waals surface area (Å²) in [5, 5.41) is 0. The molecule has 0 heterocycles. The zero-order valence-electron chi connectivity index (χ0n) is 13.5. The summed E-state index contributed by atoms with van der Waals surface area (Å²) in [6, 6.07) is 10.2. The minimum absolute atomic E-state index is 0.219. The maximum atomic E-state index is 12.5. The molecule has 1 aliphatic rings. The highest BCUT2D eigenvalue weighted by molar-refractivity contribution is 6.02. The van der Waals surface area contributed by atoms with Crippen molar-refractivity contribution >= 4 is 11.9 Å². The number of hydrogen-bond donors (Lipinski definition) is 0. The van der Waals surface area contributed by atoms with Gasteiger partial charge >= 0.3 is 0 Å². The molecule has 0 aromatic heterocycles. The average Bonchev–Trinajstić information content (AvgIpc) is 2.46. The molecule has 0 amide bonds. The summed E-state index contributed by atoms with van der Waals surface area (Å²) in [4.78, 5) is 12.5. The van der Waals surface area contributed by atoms with Crippen LogP contribution in [0.15, 0.2) is 35.9 Å². The normalized spacial score (nSPS) is 24.5. The number of allylic oxidation sites excluding steroid dienone is 1. The first-order valence-corrected chi connectivity index (χ1v) is 7.90. The van der Waals surface area contributed by atoms with Crippen molar-refractivity contribution in [1.82, 2.24) is 0 Å². The van der Waals surface area contributed by atoms with Gasteiger partial charge in [0.05, 0.1) is 0 Å². The molecule has 1 aliphatic carbocycles. The van der Waals surface area contributed by atoms with Crippen LogP contribution in [-0.2, 0) is 4.79 Å². The fourth-order valence-electron chi connectivity index (χ4n) is 2.75. The van der Waals surface area contributed by atoms with Crippen LogP contribution in [0.3, 0.4) is 0 Å². The highest BCUT2D eigenvalue weighted by atomic mass is 16.1. The smallest absolute Gasteiger partial charge is 0.162 e. The molecule has 1 nitrogen and oxygen atoms in total. The largest absolute Gasteiger partial charge is 0.294 e. The summed E-state index contributed by atoms with van der Waals surface area (Å²) in [7, 11) is 0. The Bertz CT molecular complexity index is 442. The average molecular weight is 272 g/mol. The van der Waals surface area contributed by atoms with E-state index in [2.05, 4.69) is 39.0 Å². The van der Waals surface area contributed by atoms with Crippen LogP contribution in [0.5, 0.6) is 0 Å². The molecule has 0 spiro atoms. The highest BCUT2D eigenvalue weighted by Gasteiger charge is 2.32. The monoisotopic (exact) mass is 272 g/mol. The zero-order valence-corrected chi connectivity index (χ0v) is 13.5. The summed E-state index contributed by atoms with van der Waals surface area (Å²) < 4.78 is 0. The van der Waals surface area contributed by atoms with Crippen molar-refractivity contribution in [2.45, 2.75) is 47.5 Å². The molecule has 20 heavy (non-hydrogen) atoms. The van der Waals surface area contributed by atoms with Gasteiger partial charge in [0.1, 0.15) is 0 Å². The van der Waals surface area contributed by atoms with Gasteiger partial charge in [0.25, 0.3) is 0 Å². The van der Waals surface area contributed by atoms with Crippen molar-refractivity contribution in [3.05, 3.63) is 41.5 Å². The van der Waals surface area contributed by atoms with E-state index in [-0.39, 0.29) is 5.92 Å². The van der Waals surface area contributed by atoms with E-state index in [1.54, 1.807) is 0 Å². The van der Waals surface area contributed by atoms with Crippen LogP contribution in [0, 0.1) is 17.8 Å². The Morgan fingerprint density at radius 1 is 1.10 bits per heavy atom. The third-order valence-electron chi connectivity index (χ3n) is 3.99. The van der Waals surface area contributed by atoms with Crippen molar-refractivity contribution in [1.29, 1.82) is 0 Å². The van der Waals surface area contributed by atoms with Crippen molar-refractivity contribution in [3.8, 4) is 0 Å². The van der Waals surface area contributed by atoms with Crippen LogP contribution in [0.4, 0.5) is 0 Å².